The molecule has 0 radical (unpaired) electrons. The van der Waals surface area contributed by atoms with E-state index in [9.17, 15) is 9.18 Å². The topological polar surface area (TPSA) is 46.3 Å². The van der Waals surface area contributed by atoms with E-state index in [1.54, 1.807) is 12.1 Å². The number of rotatable bonds is 3. The average molecular weight is 369 g/mol. The molecule has 1 aliphatic rings. The SMILES string of the molecule is Cc1sc(C(=O)N2CCCCC2CN)cc1-c1ccc(F)cc1.Cl. The summed E-state index contributed by atoms with van der Waals surface area (Å²) in [4.78, 5) is 16.6. The lowest BCUT2D eigenvalue weighted by molar-refractivity contribution is 0.0628. The summed E-state index contributed by atoms with van der Waals surface area (Å²) >= 11 is 1.50. The van der Waals surface area contributed by atoms with Crippen LogP contribution in [0.15, 0.2) is 30.3 Å². The number of thiophene rings is 1. The maximum absolute atomic E-state index is 13.1. The number of halogens is 2. The van der Waals surface area contributed by atoms with Gasteiger partial charge >= 0.3 is 0 Å². The van der Waals surface area contributed by atoms with E-state index < -0.39 is 0 Å². The summed E-state index contributed by atoms with van der Waals surface area (Å²) in [7, 11) is 0. The summed E-state index contributed by atoms with van der Waals surface area (Å²) < 4.78 is 13.1. The highest BCUT2D eigenvalue weighted by atomic mass is 35.5. The molecule has 24 heavy (non-hydrogen) atoms. The van der Waals surface area contributed by atoms with Crippen LogP contribution in [0.2, 0.25) is 0 Å². The van der Waals surface area contributed by atoms with Crippen molar-refractivity contribution in [3.05, 3.63) is 45.9 Å². The summed E-state index contributed by atoms with van der Waals surface area (Å²) in [6.07, 6.45) is 3.16. The van der Waals surface area contributed by atoms with E-state index in [2.05, 4.69) is 0 Å². The fraction of sp³-hybridized carbons (Fsp3) is 0.389. The zero-order chi connectivity index (χ0) is 16.4. The number of hydrogen-bond donors (Lipinski definition) is 1. The molecule has 1 aliphatic heterocycles. The number of nitrogens with two attached hydrogens (primary N) is 1. The minimum Gasteiger partial charge on any atom is -0.334 e. The molecule has 1 atom stereocenters. The van der Waals surface area contributed by atoms with Gasteiger partial charge in [-0.25, -0.2) is 4.39 Å². The Bertz CT molecular complexity index is 702. The molecule has 0 bridgehead atoms. The predicted molar refractivity (Wildman–Crippen MR) is 99.4 cm³/mol. The Morgan fingerprint density at radius 1 is 1.33 bits per heavy atom. The number of carbonyl (C=O) groups excluding carboxylic acids is 1. The molecule has 1 unspecified atom stereocenters. The van der Waals surface area contributed by atoms with Crippen molar-refractivity contribution in [1.29, 1.82) is 0 Å². The maximum atomic E-state index is 13.1. The van der Waals surface area contributed by atoms with E-state index in [0.717, 1.165) is 46.7 Å². The molecule has 2 N–H and O–H groups in total. The second-order valence-corrected chi connectivity index (χ2v) is 7.23. The molecule has 1 saturated heterocycles. The Hall–Kier alpha value is -1.43. The lowest BCUT2D eigenvalue weighted by Gasteiger charge is -2.34. The fourth-order valence-corrected chi connectivity index (χ4v) is 4.16. The average Bonchev–Trinajstić information content (AvgIpc) is 2.96. The van der Waals surface area contributed by atoms with Gasteiger partial charge in [-0.15, -0.1) is 23.7 Å². The molecule has 0 aliphatic carbocycles. The molecule has 3 nitrogen and oxygen atoms in total. The van der Waals surface area contributed by atoms with Crippen molar-refractivity contribution in [2.75, 3.05) is 13.1 Å². The van der Waals surface area contributed by atoms with Crippen LogP contribution in [0.3, 0.4) is 0 Å². The first kappa shape index (κ1) is 18.9. The second-order valence-electron chi connectivity index (χ2n) is 5.97. The summed E-state index contributed by atoms with van der Waals surface area (Å²) in [5.41, 5.74) is 7.76. The van der Waals surface area contributed by atoms with E-state index in [-0.39, 0.29) is 30.2 Å². The first-order valence-corrected chi connectivity index (χ1v) is 8.79. The molecule has 1 aromatic heterocycles. The zero-order valence-electron chi connectivity index (χ0n) is 13.6. The molecule has 6 heteroatoms. The quantitative estimate of drug-likeness (QED) is 0.880. The molecule has 2 aromatic rings. The number of likely N-dealkylation sites (tertiary alicyclic amines) is 1. The lowest BCUT2D eigenvalue weighted by Crippen LogP contribution is -2.47. The minimum absolute atomic E-state index is 0. The summed E-state index contributed by atoms with van der Waals surface area (Å²) in [6, 6.07) is 8.47. The number of amides is 1. The van der Waals surface area contributed by atoms with Crippen molar-refractivity contribution in [2.24, 2.45) is 5.73 Å². The van der Waals surface area contributed by atoms with E-state index in [0.29, 0.717) is 6.54 Å². The third-order valence-corrected chi connectivity index (χ3v) is 5.48. The first-order valence-electron chi connectivity index (χ1n) is 7.97. The fourth-order valence-electron chi connectivity index (χ4n) is 3.16. The highest BCUT2D eigenvalue weighted by Gasteiger charge is 2.27. The van der Waals surface area contributed by atoms with Crippen LogP contribution in [0.25, 0.3) is 11.1 Å². The molecule has 1 fully saturated rings. The van der Waals surface area contributed by atoms with E-state index in [1.807, 2.05) is 17.9 Å². The van der Waals surface area contributed by atoms with Gasteiger partial charge in [0.05, 0.1) is 4.88 Å². The largest absolute Gasteiger partial charge is 0.334 e. The van der Waals surface area contributed by atoms with Crippen molar-refractivity contribution in [3.8, 4) is 11.1 Å². The lowest BCUT2D eigenvalue weighted by atomic mass is 10.0. The van der Waals surface area contributed by atoms with Gasteiger partial charge in [-0.05, 0) is 55.5 Å². The predicted octanol–water partition coefficient (Wildman–Crippen LogP) is 4.24. The summed E-state index contributed by atoms with van der Waals surface area (Å²) in [5, 5.41) is 0. The van der Waals surface area contributed by atoms with Crippen molar-refractivity contribution >= 4 is 29.7 Å². The Morgan fingerprint density at radius 2 is 2.04 bits per heavy atom. The van der Waals surface area contributed by atoms with E-state index >= 15 is 0 Å². The first-order chi connectivity index (χ1) is 11.1. The molecule has 0 saturated carbocycles. The Balaban J connectivity index is 0.00000208. The Kier molecular flexibility index (Phi) is 6.38. The normalized spacial score (nSPS) is 17.5. The van der Waals surface area contributed by atoms with Gasteiger partial charge in [0.2, 0.25) is 0 Å². The van der Waals surface area contributed by atoms with Crippen molar-refractivity contribution in [1.82, 2.24) is 4.90 Å². The molecular weight excluding hydrogens is 347 g/mol. The highest BCUT2D eigenvalue weighted by molar-refractivity contribution is 7.14. The third-order valence-electron chi connectivity index (χ3n) is 4.44. The van der Waals surface area contributed by atoms with E-state index in [4.69, 9.17) is 5.73 Å². The molecule has 2 heterocycles. The summed E-state index contributed by atoms with van der Waals surface area (Å²) in [6.45, 7) is 3.29. The number of carbonyl (C=O) groups is 1. The number of piperidine rings is 1. The second kappa shape index (κ2) is 8.10. The molecule has 3 rings (SSSR count). The van der Waals surface area contributed by atoms with Gasteiger partial charge in [-0.3, -0.25) is 4.79 Å². The van der Waals surface area contributed by atoms with Crippen LogP contribution in [0.5, 0.6) is 0 Å². The van der Waals surface area contributed by atoms with Crippen LogP contribution in [-0.4, -0.2) is 29.9 Å². The van der Waals surface area contributed by atoms with Gasteiger partial charge in [0.1, 0.15) is 5.82 Å². The Morgan fingerprint density at radius 3 is 2.71 bits per heavy atom. The standard InChI is InChI=1S/C18H21FN2OS.ClH/c1-12-16(13-5-7-14(19)8-6-13)10-17(23-12)18(22)21-9-3-2-4-15(21)11-20;/h5-8,10,15H,2-4,9,11,20H2,1H3;1H. The Labute approximate surface area is 152 Å². The number of hydrogen-bond acceptors (Lipinski definition) is 3. The third kappa shape index (κ3) is 3.79. The van der Waals surface area contributed by atoms with Gasteiger partial charge in [0.25, 0.3) is 5.91 Å². The molecule has 1 amide bonds. The zero-order valence-corrected chi connectivity index (χ0v) is 15.3. The molecular formula is C18H22ClFN2OS. The number of nitrogens with zero attached hydrogens (tertiary/aromatic N) is 1. The monoisotopic (exact) mass is 368 g/mol. The van der Waals surface area contributed by atoms with Crippen molar-refractivity contribution in [3.63, 3.8) is 0 Å². The van der Waals surface area contributed by atoms with Crippen LogP contribution in [0.4, 0.5) is 4.39 Å². The van der Waals surface area contributed by atoms with Gasteiger partial charge in [0.15, 0.2) is 0 Å². The van der Waals surface area contributed by atoms with Gasteiger partial charge < -0.3 is 10.6 Å². The number of aryl methyl sites for hydroxylation is 1. The van der Waals surface area contributed by atoms with Crippen LogP contribution in [-0.2, 0) is 0 Å². The van der Waals surface area contributed by atoms with Gasteiger partial charge in [-0.2, -0.15) is 0 Å². The smallest absolute Gasteiger partial charge is 0.264 e. The van der Waals surface area contributed by atoms with Crippen LogP contribution >= 0.6 is 23.7 Å². The highest BCUT2D eigenvalue weighted by Crippen LogP contribution is 2.32. The number of benzene rings is 1. The van der Waals surface area contributed by atoms with Crippen molar-refractivity contribution < 1.29 is 9.18 Å². The maximum Gasteiger partial charge on any atom is 0.264 e. The minimum atomic E-state index is -0.253. The van der Waals surface area contributed by atoms with Crippen LogP contribution in [0, 0.1) is 12.7 Å². The molecule has 130 valence electrons. The van der Waals surface area contributed by atoms with Crippen molar-refractivity contribution in [2.45, 2.75) is 32.2 Å². The van der Waals surface area contributed by atoms with Crippen LogP contribution < -0.4 is 5.73 Å². The summed E-state index contributed by atoms with van der Waals surface area (Å²) in [5.74, 6) is -0.182. The van der Waals surface area contributed by atoms with Crippen LogP contribution in [0.1, 0.15) is 33.8 Å². The van der Waals surface area contributed by atoms with E-state index in [1.165, 1.54) is 23.5 Å². The molecule has 0 spiro atoms. The molecule has 1 aromatic carbocycles. The van der Waals surface area contributed by atoms with Gasteiger partial charge in [-0.1, -0.05) is 12.1 Å². The van der Waals surface area contributed by atoms with Gasteiger partial charge in [0, 0.05) is 24.0 Å².